The zero-order valence-corrected chi connectivity index (χ0v) is 30.1. The summed E-state index contributed by atoms with van der Waals surface area (Å²) in [4.78, 5) is 23.5. The molecule has 0 bridgehead atoms. The van der Waals surface area contributed by atoms with E-state index in [1.165, 1.54) is 22.4 Å². The molecule has 1 aliphatic heterocycles. The van der Waals surface area contributed by atoms with Gasteiger partial charge in [-0.2, -0.15) is 4.98 Å². The van der Waals surface area contributed by atoms with E-state index >= 15 is 8.78 Å². The van der Waals surface area contributed by atoms with Gasteiger partial charge in [-0.1, -0.05) is 17.7 Å². The molecular weight excluding hydrogens is 683 g/mol. The van der Waals surface area contributed by atoms with Crippen LogP contribution in [0.5, 0.6) is 0 Å². The average molecular weight is 728 g/mol. The van der Waals surface area contributed by atoms with E-state index in [4.69, 9.17) is 22.7 Å². The van der Waals surface area contributed by atoms with Crippen LogP contribution in [0.3, 0.4) is 0 Å². The number of nitrogens with one attached hydrogen (secondary N) is 3. The molecule has 0 spiro atoms. The van der Waals surface area contributed by atoms with E-state index in [1.54, 1.807) is 43.5 Å². The Kier molecular flexibility index (Phi) is 12.9. The highest BCUT2D eigenvalue weighted by atomic mass is 35.5. The van der Waals surface area contributed by atoms with Crippen molar-refractivity contribution in [2.45, 2.75) is 81.3 Å². The van der Waals surface area contributed by atoms with Crippen LogP contribution in [0, 0.1) is 17.0 Å². The van der Waals surface area contributed by atoms with E-state index in [1.807, 2.05) is 6.26 Å². The molecule has 0 saturated carbocycles. The number of rotatable bonds is 15. The van der Waals surface area contributed by atoms with Crippen molar-refractivity contribution < 1.29 is 13.2 Å². The first-order valence-electron chi connectivity index (χ1n) is 17.0. The highest BCUT2D eigenvalue weighted by Gasteiger charge is 2.34. The normalized spacial score (nSPS) is 17.3. The number of nitrogens with zero attached hydrogens (tertiary/aromatic N) is 3. The fraction of sp³-hybridized carbons (Fsp3) is 0.432. The number of fused-ring (bicyclic) bond motifs is 1. The molecule has 0 amide bonds. The van der Waals surface area contributed by atoms with Crippen LogP contribution in [0.1, 0.15) is 69.0 Å². The van der Waals surface area contributed by atoms with Gasteiger partial charge < -0.3 is 16.0 Å². The lowest BCUT2D eigenvalue weighted by molar-refractivity contribution is 0.0706. The summed E-state index contributed by atoms with van der Waals surface area (Å²) in [5.74, 6) is -0.644. The first-order chi connectivity index (χ1) is 24.0. The Balaban J connectivity index is 1.47. The second-order valence-electron chi connectivity index (χ2n) is 12.9. The molecule has 1 fully saturated rings. The van der Waals surface area contributed by atoms with Gasteiger partial charge in [-0.15, -0.1) is 18.3 Å². The quantitative estimate of drug-likeness (QED) is 0.0426. The van der Waals surface area contributed by atoms with Crippen molar-refractivity contribution in [1.82, 2.24) is 24.8 Å². The Labute approximate surface area is 300 Å². The maximum Gasteiger partial charge on any atom is 0.354 e. The summed E-state index contributed by atoms with van der Waals surface area (Å²) >= 11 is 7.68. The molecule has 13 heteroatoms. The Hall–Kier alpha value is -3.58. The smallest absolute Gasteiger partial charge is 0.354 e. The highest BCUT2D eigenvalue weighted by molar-refractivity contribution is 7.98. The Morgan fingerprint density at radius 2 is 2.06 bits per heavy atom. The predicted molar refractivity (Wildman–Crippen MR) is 199 cm³/mol. The third kappa shape index (κ3) is 8.65. The van der Waals surface area contributed by atoms with E-state index < -0.39 is 24.0 Å². The van der Waals surface area contributed by atoms with Crippen LogP contribution in [0.25, 0.3) is 28.0 Å². The molecule has 2 aromatic carbocycles. The number of halogens is 4. The number of likely N-dealkylation sites (tertiary alicyclic amines) is 1. The van der Waals surface area contributed by atoms with Gasteiger partial charge in [0.05, 0.1) is 28.9 Å². The lowest BCUT2D eigenvalue weighted by atomic mass is 9.88. The van der Waals surface area contributed by atoms with Gasteiger partial charge in [0.2, 0.25) is 0 Å². The van der Waals surface area contributed by atoms with Gasteiger partial charge in [-0.05, 0) is 100 Å². The molecule has 0 aliphatic carbocycles. The van der Waals surface area contributed by atoms with Gasteiger partial charge >= 0.3 is 5.69 Å². The van der Waals surface area contributed by atoms with Crippen molar-refractivity contribution in [2.24, 2.45) is 5.73 Å². The van der Waals surface area contributed by atoms with E-state index in [0.29, 0.717) is 59.0 Å². The maximum atomic E-state index is 16.3. The van der Waals surface area contributed by atoms with Crippen LogP contribution in [-0.4, -0.2) is 63.4 Å². The van der Waals surface area contributed by atoms with Crippen molar-refractivity contribution in [3.8, 4) is 16.9 Å². The van der Waals surface area contributed by atoms with Gasteiger partial charge in [-0.3, -0.25) is 19.3 Å². The zero-order valence-electron chi connectivity index (χ0n) is 28.5. The van der Waals surface area contributed by atoms with Gasteiger partial charge in [-0.25, -0.2) is 13.6 Å². The van der Waals surface area contributed by atoms with Crippen molar-refractivity contribution >= 4 is 40.2 Å². The molecular formula is C37H45ClF3N7OS. The maximum absolute atomic E-state index is 16.3. The van der Waals surface area contributed by atoms with Crippen LogP contribution in [0.4, 0.5) is 13.2 Å². The minimum atomic E-state index is -0.618. The first kappa shape index (κ1) is 37.7. The summed E-state index contributed by atoms with van der Waals surface area (Å²) in [6, 6.07) is 7.94. The summed E-state index contributed by atoms with van der Waals surface area (Å²) in [6.45, 7) is 6.06. The molecule has 5 N–H and O–H groups in total. The van der Waals surface area contributed by atoms with Gasteiger partial charge in [0, 0.05) is 58.8 Å². The lowest BCUT2D eigenvalue weighted by Crippen LogP contribution is -2.44. The number of amidine groups is 1. The summed E-state index contributed by atoms with van der Waals surface area (Å²) < 4.78 is 46.3. The number of benzene rings is 2. The number of piperidine rings is 1. The molecule has 0 unspecified atom stereocenters. The largest absolute Gasteiger partial charge is 0.374 e. The van der Waals surface area contributed by atoms with Crippen molar-refractivity contribution in [1.29, 1.82) is 5.41 Å². The molecule has 4 aromatic rings. The number of thioether (sulfide) groups is 1. The van der Waals surface area contributed by atoms with Crippen molar-refractivity contribution in [2.75, 3.05) is 26.0 Å². The molecule has 8 nitrogen and oxygen atoms in total. The molecule has 50 heavy (non-hydrogen) atoms. The van der Waals surface area contributed by atoms with E-state index in [0.717, 1.165) is 44.1 Å². The number of aromatic amines is 1. The van der Waals surface area contributed by atoms with Crippen LogP contribution in [-0.2, 0) is 6.42 Å². The van der Waals surface area contributed by atoms with E-state index in [-0.39, 0.29) is 34.4 Å². The van der Waals surface area contributed by atoms with Crippen LogP contribution in [0.15, 0.2) is 58.9 Å². The molecule has 1 aliphatic rings. The molecule has 0 radical (unpaired) electrons. The fourth-order valence-corrected chi connectivity index (χ4v) is 7.87. The van der Waals surface area contributed by atoms with E-state index in [2.05, 4.69) is 26.8 Å². The predicted octanol–water partition coefficient (Wildman–Crippen LogP) is 8.10. The third-order valence-electron chi connectivity index (χ3n) is 9.40. The van der Waals surface area contributed by atoms with Crippen LogP contribution < -0.4 is 16.7 Å². The number of nitrogens with two attached hydrogens (primary N) is 1. The Morgan fingerprint density at radius 1 is 1.26 bits per heavy atom. The third-order valence-corrected chi connectivity index (χ3v) is 10.5. The molecule has 1 saturated heterocycles. The number of hydrogen-bond donors (Lipinski definition) is 4. The molecule has 268 valence electrons. The number of aryl methyl sites for hydroxylation is 1. The van der Waals surface area contributed by atoms with E-state index in [9.17, 15) is 9.18 Å². The number of aromatic nitrogens is 3. The highest BCUT2D eigenvalue weighted by Crippen LogP contribution is 2.41. The average Bonchev–Trinajstić information content (AvgIpc) is 3.50. The first-order valence-corrected chi connectivity index (χ1v) is 18.6. The topological polar surface area (TPSA) is 116 Å². The second kappa shape index (κ2) is 17.1. The summed E-state index contributed by atoms with van der Waals surface area (Å²) in [5.41, 5.74) is 7.98. The number of alkyl halides is 1. The number of hydrogen-bond acceptors (Lipinski definition) is 6. The number of H-pyrrole nitrogens is 1. The Morgan fingerprint density at radius 3 is 2.78 bits per heavy atom. The molecule has 3 atom stereocenters. The minimum Gasteiger partial charge on any atom is -0.374 e. The van der Waals surface area contributed by atoms with Crippen molar-refractivity contribution in [3.63, 3.8) is 0 Å². The van der Waals surface area contributed by atoms with Gasteiger partial charge in [0.25, 0.3) is 0 Å². The summed E-state index contributed by atoms with van der Waals surface area (Å²) in [6.07, 6.45) is 11.0. The molecule has 5 rings (SSSR count). The zero-order chi connectivity index (χ0) is 35.9. The van der Waals surface area contributed by atoms with Crippen molar-refractivity contribution in [3.05, 3.63) is 87.5 Å². The minimum absolute atomic E-state index is 0.0115. The summed E-state index contributed by atoms with van der Waals surface area (Å²) in [5, 5.41) is 11.3. The van der Waals surface area contributed by atoms with Gasteiger partial charge in [0.15, 0.2) is 5.82 Å². The standard InChI is InChI=1S/C37H45ClF3N7OS/c1-4-25(43)9-5-8-23-16-28(35(41)29(38)17-23)31-18-24-21-48(37(49)46-36(24)45-31)27-19-30(40)34(33(20-27)50-3)32-11-6-10-26(12-14-44-22(2)42)47(32)15-7-13-39/h4,16-21,25-26,32H,1,5-15,43H2,2-3H3,(H2,42,44)(H,45,46,49)/t25-,26-,32-/m0/s1. The second-order valence-corrected chi connectivity index (χ2v) is 14.1. The molecule has 3 heterocycles. The van der Waals surface area contributed by atoms with Crippen LogP contribution >= 0.6 is 23.4 Å². The lowest BCUT2D eigenvalue weighted by Gasteiger charge is -2.43. The SMILES string of the molecule is C=C[C@H](N)CCCc1cc(Cl)c(F)c(-c2cc3cn(-c4cc(F)c([C@@H]5CCC[C@@H](CCNC(C)=N)N5CCCF)c(SC)c4)c(=O)nc3[nH]2)c1. The van der Waals surface area contributed by atoms with Crippen LogP contribution in [0.2, 0.25) is 5.02 Å². The monoisotopic (exact) mass is 727 g/mol. The summed E-state index contributed by atoms with van der Waals surface area (Å²) in [7, 11) is 0. The fourth-order valence-electron chi connectivity index (χ4n) is 6.94. The molecule has 2 aromatic heterocycles. The van der Waals surface area contributed by atoms with Gasteiger partial charge in [0.1, 0.15) is 11.5 Å². The Bertz CT molecular complexity index is 1900.